The van der Waals surface area contributed by atoms with Crippen molar-refractivity contribution < 1.29 is 18.7 Å². The van der Waals surface area contributed by atoms with Crippen molar-refractivity contribution in [3.05, 3.63) is 24.0 Å². The van der Waals surface area contributed by atoms with Gasteiger partial charge in [0.2, 0.25) is 11.8 Å². The van der Waals surface area contributed by atoms with E-state index in [9.17, 15) is 14.0 Å². The van der Waals surface area contributed by atoms with E-state index < -0.39 is 23.7 Å². The minimum absolute atomic E-state index is 0.0228. The second kappa shape index (κ2) is 8.10. The first kappa shape index (κ1) is 18.2. The monoisotopic (exact) mass is 337 g/mol. The third-order valence-electron chi connectivity index (χ3n) is 4.01. The Labute approximate surface area is 140 Å². The van der Waals surface area contributed by atoms with Gasteiger partial charge in [0.25, 0.3) is 0 Å². The number of hydrogen-bond donors (Lipinski definition) is 3. The Balaban J connectivity index is 1.83. The van der Waals surface area contributed by atoms with Gasteiger partial charge in [0, 0.05) is 11.8 Å². The number of rotatable bonds is 7. The molecule has 1 saturated carbocycles. The van der Waals surface area contributed by atoms with Crippen LogP contribution in [0.2, 0.25) is 0 Å². The number of hydrogen-bond acceptors (Lipinski definition) is 4. The molecule has 1 aliphatic rings. The number of carbonyl (C=O) groups excluding carboxylic acids is 2. The van der Waals surface area contributed by atoms with Gasteiger partial charge in [-0.3, -0.25) is 9.59 Å². The van der Waals surface area contributed by atoms with Crippen LogP contribution in [0.1, 0.15) is 33.1 Å². The molecule has 0 spiro atoms. The molecule has 2 amide bonds. The van der Waals surface area contributed by atoms with E-state index in [4.69, 9.17) is 10.5 Å². The van der Waals surface area contributed by atoms with E-state index in [0.717, 1.165) is 19.3 Å². The lowest BCUT2D eigenvalue weighted by Gasteiger charge is -2.26. The molecule has 132 valence electrons. The average Bonchev–Trinajstić information content (AvgIpc) is 2.49. The molecule has 1 aromatic carbocycles. The van der Waals surface area contributed by atoms with Crippen molar-refractivity contribution in [3.8, 4) is 5.75 Å². The SMILES string of the molecule is CC(C)[C@H](N)C(=O)NCC(=O)Nc1ccc(OC2CCC2)c(F)c1. The van der Waals surface area contributed by atoms with Crippen LogP contribution in [-0.2, 0) is 9.59 Å². The summed E-state index contributed by atoms with van der Waals surface area (Å²) >= 11 is 0. The second-order valence-corrected chi connectivity index (χ2v) is 6.35. The highest BCUT2D eigenvalue weighted by molar-refractivity contribution is 5.95. The maximum Gasteiger partial charge on any atom is 0.243 e. The number of halogens is 1. The van der Waals surface area contributed by atoms with Crippen molar-refractivity contribution in [3.63, 3.8) is 0 Å². The summed E-state index contributed by atoms with van der Waals surface area (Å²) in [6.45, 7) is 3.42. The first-order valence-corrected chi connectivity index (χ1v) is 8.16. The molecule has 24 heavy (non-hydrogen) atoms. The van der Waals surface area contributed by atoms with E-state index in [0.29, 0.717) is 5.69 Å². The molecule has 2 rings (SSSR count). The predicted molar refractivity (Wildman–Crippen MR) is 89.1 cm³/mol. The van der Waals surface area contributed by atoms with Crippen molar-refractivity contribution in [2.75, 3.05) is 11.9 Å². The first-order valence-electron chi connectivity index (χ1n) is 8.16. The summed E-state index contributed by atoms with van der Waals surface area (Å²) in [7, 11) is 0. The summed E-state index contributed by atoms with van der Waals surface area (Å²) < 4.78 is 19.5. The van der Waals surface area contributed by atoms with Gasteiger partial charge < -0.3 is 21.1 Å². The Bertz CT molecular complexity index is 603. The van der Waals surface area contributed by atoms with Crippen LogP contribution >= 0.6 is 0 Å². The van der Waals surface area contributed by atoms with Crippen LogP contribution in [0.4, 0.5) is 10.1 Å². The molecule has 0 bridgehead atoms. The number of amides is 2. The Kier molecular flexibility index (Phi) is 6.14. The Morgan fingerprint density at radius 3 is 2.62 bits per heavy atom. The van der Waals surface area contributed by atoms with Crippen LogP contribution in [0.3, 0.4) is 0 Å². The molecule has 0 aliphatic heterocycles. The normalized spacial score (nSPS) is 15.5. The van der Waals surface area contributed by atoms with Crippen LogP contribution in [0.15, 0.2) is 18.2 Å². The minimum Gasteiger partial charge on any atom is -0.487 e. The van der Waals surface area contributed by atoms with E-state index in [1.54, 1.807) is 6.07 Å². The highest BCUT2D eigenvalue weighted by Gasteiger charge is 2.21. The van der Waals surface area contributed by atoms with Gasteiger partial charge in [0.1, 0.15) is 0 Å². The Hall–Kier alpha value is -2.15. The lowest BCUT2D eigenvalue weighted by molar-refractivity contribution is -0.125. The summed E-state index contributed by atoms with van der Waals surface area (Å²) in [5, 5.41) is 4.98. The van der Waals surface area contributed by atoms with E-state index in [1.807, 2.05) is 13.8 Å². The van der Waals surface area contributed by atoms with Crippen LogP contribution in [0.25, 0.3) is 0 Å². The molecule has 7 heteroatoms. The minimum atomic E-state index is -0.668. The molecule has 6 nitrogen and oxygen atoms in total. The van der Waals surface area contributed by atoms with Crippen LogP contribution < -0.4 is 21.1 Å². The summed E-state index contributed by atoms with van der Waals surface area (Å²) in [4.78, 5) is 23.5. The zero-order valence-electron chi connectivity index (χ0n) is 14.0. The average molecular weight is 337 g/mol. The van der Waals surface area contributed by atoms with Crippen molar-refractivity contribution in [2.24, 2.45) is 11.7 Å². The van der Waals surface area contributed by atoms with Crippen LogP contribution in [-0.4, -0.2) is 30.5 Å². The maximum absolute atomic E-state index is 14.0. The number of nitrogens with one attached hydrogen (secondary N) is 2. The molecule has 1 aliphatic carbocycles. The van der Waals surface area contributed by atoms with E-state index >= 15 is 0 Å². The van der Waals surface area contributed by atoms with Gasteiger partial charge in [0.15, 0.2) is 11.6 Å². The van der Waals surface area contributed by atoms with Crippen LogP contribution in [0, 0.1) is 11.7 Å². The molecular formula is C17H24FN3O3. The lowest BCUT2D eigenvalue weighted by atomic mass is 9.96. The van der Waals surface area contributed by atoms with Crippen molar-refractivity contribution in [2.45, 2.75) is 45.3 Å². The molecule has 0 heterocycles. The molecule has 0 unspecified atom stereocenters. The van der Waals surface area contributed by atoms with Crippen LogP contribution in [0.5, 0.6) is 5.75 Å². The summed E-state index contributed by atoms with van der Waals surface area (Å²) in [5.41, 5.74) is 5.99. The quantitative estimate of drug-likeness (QED) is 0.707. The molecule has 0 saturated heterocycles. The summed E-state index contributed by atoms with van der Waals surface area (Å²) in [6.07, 6.45) is 3.07. The van der Waals surface area contributed by atoms with Gasteiger partial charge in [-0.25, -0.2) is 4.39 Å². The number of benzene rings is 1. The first-order chi connectivity index (χ1) is 11.4. The molecular weight excluding hydrogens is 313 g/mol. The largest absolute Gasteiger partial charge is 0.487 e. The Morgan fingerprint density at radius 2 is 2.08 bits per heavy atom. The molecule has 1 aromatic rings. The zero-order chi connectivity index (χ0) is 17.7. The highest BCUT2D eigenvalue weighted by atomic mass is 19.1. The summed E-state index contributed by atoms with van der Waals surface area (Å²) in [5.74, 6) is -1.20. The second-order valence-electron chi connectivity index (χ2n) is 6.35. The topological polar surface area (TPSA) is 93.5 Å². The molecule has 1 atom stereocenters. The number of ether oxygens (including phenoxy) is 1. The van der Waals surface area contributed by atoms with Gasteiger partial charge in [0.05, 0.1) is 18.7 Å². The number of nitrogens with two attached hydrogens (primary N) is 1. The Morgan fingerprint density at radius 1 is 1.38 bits per heavy atom. The smallest absolute Gasteiger partial charge is 0.243 e. The zero-order valence-corrected chi connectivity index (χ0v) is 14.0. The summed E-state index contributed by atoms with van der Waals surface area (Å²) in [6, 6.07) is 3.60. The third kappa shape index (κ3) is 4.92. The van der Waals surface area contributed by atoms with Gasteiger partial charge in [-0.2, -0.15) is 0 Å². The maximum atomic E-state index is 14.0. The fourth-order valence-corrected chi connectivity index (χ4v) is 2.14. The van der Waals surface area contributed by atoms with E-state index in [2.05, 4.69) is 10.6 Å². The van der Waals surface area contributed by atoms with E-state index in [1.165, 1.54) is 12.1 Å². The number of anilines is 1. The predicted octanol–water partition coefficient (Wildman–Crippen LogP) is 1.79. The van der Waals surface area contributed by atoms with Gasteiger partial charge in [-0.15, -0.1) is 0 Å². The fourth-order valence-electron chi connectivity index (χ4n) is 2.14. The fraction of sp³-hybridized carbons (Fsp3) is 0.529. The van der Waals surface area contributed by atoms with Crippen molar-refractivity contribution >= 4 is 17.5 Å². The van der Waals surface area contributed by atoms with Crippen molar-refractivity contribution in [1.29, 1.82) is 0 Å². The highest BCUT2D eigenvalue weighted by Crippen LogP contribution is 2.28. The molecule has 0 radical (unpaired) electrons. The van der Waals surface area contributed by atoms with Gasteiger partial charge in [-0.05, 0) is 37.3 Å². The van der Waals surface area contributed by atoms with Gasteiger partial charge >= 0.3 is 0 Å². The molecule has 4 N–H and O–H groups in total. The standard InChI is InChI=1S/C17H24FN3O3/c1-10(2)16(19)17(23)20-9-15(22)21-11-6-7-14(13(18)8-11)24-12-4-3-5-12/h6-8,10,12,16H,3-5,9,19H2,1-2H3,(H,20,23)(H,21,22)/t16-/m0/s1. The third-order valence-corrected chi connectivity index (χ3v) is 4.01. The lowest BCUT2D eigenvalue weighted by Crippen LogP contribution is -2.46. The molecule has 1 fully saturated rings. The van der Waals surface area contributed by atoms with E-state index in [-0.39, 0.29) is 24.3 Å². The number of carbonyl (C=O) groups is 2. The van der Waals surface area contributed by atoms with Crippen molar-refractivity contribution in [1.82, 2.24) is 5.32 Å². The molecule has 0 aromatic heterocycles. The van der Waals surface area contributed by atoms with Gasteiger partial charge in [-0.1, -0.05) is 13.8 Å².